The smallest absolute Gasteiger partial charge is 0.295 e. The minimum atomic E-state index is -0.786. The average Bonchev–Trinajstić information content (AvgIpc) is 3.06. The number of likely N-dealkylation sites (N-methyl/N-ethyl adjacent to an activating group) is 1. The highest BCUT2D eigenvalue weighted by atomic mass is 16.5. The number of nitrogens with zero attached hydrogens (tertiary/aromatic N) is 2. The Morgan fingerprint density at radius 3 is 2.31 bits per heavy atom. The molecule has 0 saturated carbocycles. The molecule has 0 aliphatic carbocycles. The van der Waals surface area contributed by atoms with Crippen molar-refractivity contribution >= 4 is 23.4 Å². The van der Waals surface area contributed by atoms with Gasteiger partial charge in [-0.15, -0.1) is 0 Å². The van der Waals surface area contributed by atoms with Crippen molar-refractivity contribution in [1.29, 1.82) is 0 Å². The van der Waals surface area contributed by atoms with Gasteiger partial charge in [0.25, 0.3) is 17.6 Å². The molecule has 0 aromatic heterocycles. The van der Waals surface area contributed by atoms with E-state index in [1.54, 1.807) is 49.4 Å². The van der Waals surface area contributed by atoms with Crippen LogP contribution in [0.1, 0.15) is 29.7 Å². The lowest BCUT2D eigenvalue weighted by molar-refractivity contribution is -0.140. The van der Waals surface area contributed by atoms with Crippen LogP contribution in [-0.4, -0.2) is 72.9 Å². The zero-order valence-electron chi connectivity index (χ0n) is 20.4. The van der Waals surface area contributed by atoms with Crippen LogP contribution >= 0.6 is 0 Å². The second kappa shape index (κ2) is 11.1. The number of ether oxygens (including phenoxy) is 2. The van der Waals surface area contributed by atoms with E-state index in [0.717, 1.165) is 0 Å². The molecule has 2 aromatic carbocycles. The third kappa shape index (κ3) is 5.81. The summed E-state index contributed by atoms with van der Waals surface area (Å²) in [5, 5.41) is 11.3. The summed E-state index contributed by atoms with van der Waals surface area (Å²) < 4.78 is 10.8. The second-order valence-electron chi connectivity index (χ2n) is 8.53. The number of carbonyl (C=O) groups excluding carboxylic acids is 3. The fourth-order valence-corrected chi connectivity index (χ4v) is 3.97. The lowest BCUT2D eigenvalue weighted by Crippen LogP contribution is -2.35. The predicted octanol–water partition coefficient (Wildman–Crippen LogP) is 2.24. The number of benzene rings is 2. The maximum absolute atomic E-state index is 13.2. The SMILES string of the molecule is CCOc1ccc(C(O)=C2C(=O)C(=O)N(CCN(C)C)C2c2ccc(OCC(N)=O)cc2)c(C)c1. The van der Waals surface area contributed by atoms with Gasteiger partial charge >= 0.3 is 0 Å². The Morgan fingerprint density at radius 1 is 1.09 bits per heavy atom. The molecule has 1 atom stereocenters. The van der Waals surface area contributed by atoms with Gasteiger partial charge in [-0.1, -0.05) is 12.1 Å². The predicted molar refractivity (Wildman–Crippen MR) is 131 cm³/mol. The van der Waals surface area contributed by atoms with E-state index in [2.05, 4.69) is 0 Å². The molecular formula is C26H31N3O6. The Balaban J connectivity index is 2.08. The highest BCUT2D eigenvalue weighted by molar-refractivity contribution is 6.46. The molecule has 35 heavy (non-hydrogen) atoms. The average molecular weight is 482 g/mol. The van der Waals surface area contributed by atoms with Crippen LogP contribution in [0, 0.1) is 6.92 Å². The van der Waals surface area contributed by atoms with E-state index in [9.17, 15) is 19.5 Å². The first-order chi connectivity index (χ1) is 16.6. The second-order valence-corrected chi connectivity index (χ2v) is 8.53. The number of ketones is 1. The van der Waals surface area contributed by atoms with Crippen molar-refractivity contribution in [1.82, 2.24) is 9.80 Å². The summed E-state index contributed by atoms with van der Waals surface area (Å²) in [6.45, 7) is 4.74. The number of amides is 2. The number of likely N-dealkylation sites (tertiary alicyclic amines) is 1. The van der Waals surface area contributed by atoms with Gasteiger partial charge in [-0.3, -0.25) is 14.4 Å². The Morgan fingerprint density at radius 2 is 1.74 bits per heavy atom. The van der Waals surface area contributed by atoms with Crippen molar-refractivity contribution in [3.8, 4) is 11.5 Å². The molecule has 9 nitrogen and oxygen atoms in total. The highest BCUT2D eigenvalue weighted by Gasteiger charge is 2.46. The van der Waals surface area contributed by atoms with E-state index in [0.29, 0.717) is 47.9 Å². The van der Waals surface area contributed by atoms with Crippen molar-refractivity contribution in [2.24, 2.45) is 5.73 Å². The van der Waals surface area contributed by atoms with Crippen LogP contribution in [-0.2, 0) is 14.4 Å². The van der Waals surface area contributed by atoms with E-state index in [1.807, 2.05) is 25.9 Å². The van der Waals surface area contributed by atoms with E-state index in [4.69, 9.17) is 15.2 Å². The molecule has 0 radical (unpaired) electrons. The zero-order valence-corrected chi connectivity index (χ0v) is 20.4. The highest BCUT2D eigenvalue weighted by Crippen LogP contribution is 2.40. The Bertz CT molecular complexity index is 1140. The largest absolute Gasteiger partial charge is 0.507 e. The minimum absolute atomic E-state index is 0.0202. The van der Waals surface area contributed by atoms with Gasteiger partial charge in [0.05, 0.1) is 18.2 Å². The number of Topliss-reactive ketones (excluding diaryl/α,β-unsaturated/α-hetero) is 1. The van der Waals surface area contributed by atoms with Crippen molar-refractivity contribution in [3.05, 3.63) is 64.7 Å². The van der Waals surface area contributed by atoms with Crippen LogP contribution in [0.4, 0.5) is 0 Å². The van der Waals surface area contributed by atoms with Crippen molar-refractivity contribution in [2.75, 3.05) is 40.4 Å². The van der Waals surface area contributed by atoms with Crippen LogP contribution in [0.15, 0.2) is 48.0 Å². The molecule has 2 aromatic rings. The molecule has 1 aliphatic heterocycles. The molecular weight excluding hydrogens is 450 g/mol. The Kier molecular flexibility index (Phi) is 8.14. The minimum Gasteiger partial charge on any atom is -0.507 e. The lowest BCUT2D eigenvalue weighted by atomic mass is 9.94. The molecule has 0 bridgehead atoms. The molecule has 1 unspecified atom stereocenters. The molecule has 2 amide bonds. The van der Waals surface area contributed by atoms with E-state index in [1.165, 1.54) is 4.90 Å². The van der Waals surface area contributed by atoms with Crippen LogP contribution in [0.3, 0.4) is 0 Å². The molecule has 9 heteroatoms. The van der Waals surface area contributed by atoms with Gasteiger partial charge in [0, 0.05) is 18.7 Å². The normalized spacial score (nSPS) is 17.2. The lowest BCUT2D eigenvalue weighted by Gasteiger charge is -2.26. The molecule has 3 rings (SSSR count). The first kappa shape index (κ1) is 25.8. The first-order valence-corrected chi connectivity index (χ1v) is 11.3. The first-order valence-electron chi connectivity index (χ1n) is 11.3. The van der Waals surface area contributed by atoms with Crippen LogP contribution in [0.25, 0.3) is 5.76 Å². The van der Waals surface area contributed by atoms with E-state index in [-0.39, 0.29) is 17.9 Å². The summed E-state index contributed by atoms with van der Waals surface area (Å²) in [4.78, 5) is 40.6. The fourth-order valence-electron chi connectivity index (χ4n) is 3.97. The topological polar surface area (TPSA) is 122 Å². The number of aliphatic hydroxyl groups is 1. The van der Waals surface area contributed by atoms with Crippen molar-refractivity contribution in [3.63, 3.8) is 0 Å². The summed E-state index contributed by atoms with van der Waals surface area (Å²) in [6.07, 6.45) is 0. The van der Waals surface area contributed by atoms with Gasteiger partial charge < -0.3 is 30.1 Å². The Hall–Kier alpha value is -3.85. The number of carbonyl (C=O) groups is 3. The summed E-state index contributed by atoms with van der Waals surface area (Å²) in [5.74, 6) is -1.19. The Labute approximate surface area is 204 Å². The molecule has 1 fully saturated rings. The summed E-state index contributed by atoms with van der Waals surface area (Å²) in [6, 6.07) is 11.1. The maximum atomic E-state index is 13.2. The number of hydrogen-bond donors (Lipinski definition) is 2. The van der Waals surface area contributed by atoms with Gasteiger partial charge in [-0.25, -0.2) is 0 Å². The maximum Gasteiger partial charge on any atom is 0.295 e. The number of rotatable bonds is 10. The number of hydrogen-bond acceptors (Lipinski definition) is 7. The van der Waals surface area contributed by atoms with E-state index < -0.39 is 23.6 Å². The van der Waals surface area contributed by atoms with Gasteiger partial charge in [-0.2, -0.15) is 0 Å². The summed E-state index contributed by atoms with van der Waals surface area (Å²) >= 11 is 0. The number of primary amides is 1. The standard InChI is InChI=1S/C26H31N3O6/c1-5-34-19-10-11-20(16(2)14-19)24(31)22-23(29(13-12-28(3)4)26(33)25(22)32)17-6-8-18(9-7-17)35-15-21(27)30/h6-11,14,23,31H,5,12-13,15H2,1-4H3,(H2,27,30). The monoisotopic (exact) mass is 481 g/mol. The van der Waals surface area contributed by atoms with Crippen molar-refractivity contribution in [2.45, 2.75) is 19.9 Å². The molecule has 1 heterocycles. The van der Waals surface area contributed by atoms with Gasteiger partial charge in [0.2, 0.25) is 0 Å². The zero-order chi connectivity index (χ0) is 25.7. The van der Waals surface area contributed by atoms with Gasteiger partial charge in [0.1, 0.15) is 17.3 Å². The van der Waals surface area contributed by atoms with Gasteiger partial charge in [-0.05, 0) is 69.4 Å². The van der Waals surface area contributed by atoms with Crippen LogP contribution in [0.2, 0.25) is 0 Å². The van der Waals surface area contributed by atoms with Crippen LogP contribution < -0.4 is 15.2 Å². The van der Waals surface area contributed by atoms with E-state index >= 15 is 0 Å². The summed E-state index contributed by atoms with van der Waals surface area (Å²) in [5.41, 5.74) is 6.93. The fraction of sp³-hybridized carbons (Fsp3) is 0.346. The van der Waals surface area contributed by atoms with Crippen molar-refractivity contribution < 1.29 is 29.0 Å². The van der Waals surface area contributed by atoms with Crippen LogP contribution in [0.5, 0.6) is 11.5 Å². The number of aryl methyl sites for hydroxylation is 1. The number of aliphatic hydroxyl groups excluding tert-OH is 1. The summed E-state index contributed by atoms with van der Waals surface area (Å²) in [7, 11) is 3.75. The third-order valence-electron chi connectivity index (χ3n) is 5.67. The quantitative estimate of drug-likeness (QED) is 0.303. The number of nitrogens with two attached hydrogens (primary N) is 1. The molecule has 186 valence electrons. The molecule has 1 saturated heterocycles. The molecule has 0 spiro atoms. The third-order valence-corrected chi connectivity index (χ3v) is 5.67. The molecule has 1 aliphatic rings. The molecule has 3 N–H and O–H groups in total. The van der Waals surface area contributed by atoms with Gasteiger partial charge in [0.15, 0.2) is 6.61 Å².